The summed E-state index contributed by atoms with van der Waals surface area (Å²) in [5, 5.41) is 4.18. The Kier molecular flexibility index (Phi) is 6.31. The fourth-order valence-electron chi connectivity index (χ4n) is 1.63. The first-order valence-electron chi connectivity index (χ1n) is 6.24. The molecule has 0 bridgehead atoms. The summed E-state index contributed by atoms with van der Waals surface area (Å²) >= 11 is 0. The Morgan fingerprint density at radius 1 is 1.37 bits per heavy atom. The normalized spacial score (nSPS) is 10.7. The van der Waals surface area contributed by atoms with Crippen LogP contribution in [-0.2, 0) is 16.0 Å². The van der Waals surface area contributed by atoms with Crippen LogP contribution in [0.1, 0.15) is 17.4 Å². The molecule has 0 fully saturated rings. The number of methoxy groups -OCH3 is 2. The summed E-state index contributed by atoms with van der Waals surface area (Å²) in [4.78, 5) is 14.0. The molecule has 1 amide bonds. The second-order valence-electron chi connectivity index (χ2n) is 4.07. The molecule has 2 N–H and O–H groups in total. The highest BCUT2D eigenvalue weighted by Crippen LogP contribution is 2.12. The second kappa shape index (κ2) is 7.75. The lowest BCUT2D eigenvalue weighted by Crippen LogP contribution is -2.37. The minimum Gasteiger partial charge on any atom is -0.396 e. The van der Waals surface area contributed by atoms with E-state index < -0.39 is 0 Å². The monoisotopic (exact) mass is 270 g/mol. The van der Waals surface area contributed by atoms with Gasteiger partial charge in [0.05, 0.1) is 18.9 Å². The highest BCUT2D eigenvalue weighted by Gasteiger charge is 2.21. The largest absolute Gasteiger partial charge is 0.396 e. The molecule has 0 aliphatic rings. The molecule has 0 aromatic carbocycles. The van der Waals surface area contributed by atoms with Gasteiger partial charge in [0.15, 0.2) is 5.69 Å². The molecule has 0 aliphatic heterocycles. The van der Waals surface area contributed by atoms with Gasteiger partial charge in [-0.3, -0.25) is 9.48 Å². The van der Waals surface area contributed by atoms with Crippen LogP contribution in [0.25, 0.3) is 0 Å². The fourth-order valence-corrected chi connectivity index (χ4v) is 1.63. The maximum Gasteiger partial charge on any atom is 0.276 e. The number of carbonyl (C=O) groups is 1. The zero-order valence-corrected chi connectivity index (χ0v) is 11.8. The van der Waals surface area contributed by atoms with E-state index in [1.54, 1.807) is 30.0 Å². The molecule has 19 heavy (non-hydrogen) atoms. The van der Waals surface area contributed by atoms with Crippen LogP contribution in [0.3, 0.4) is 0 Å². The van der Waals surface area contributed by atoms with Gasteiger partial charge in [0.1, 0.15) is 0 Å². The van der Waals surface area contributed by atoms with Crippen molar-refractivity contribution in [2.75, 3.05) is 46.3 Å². The van der Waals surface area contributed by atoms with Crippen molar-refractivity contribution in [2.45, 2.75) is 13.5 Å². The van der Waals surface area contributed by atoms with Crippen LogP contribution in [0.5, 0.6) is 0 Å². The van der Waals surface area contributed by atoms with E-state index in [1.165, 1.54) is 0 Å². The lowest BCUT2D eigenvalue weighted by molar-refractivity contribution is 0.0622. The molecule has 1 heterocycles. The molecule has 1 rings (SSSR count). The number of carbonyl (C=O) groups excluding carboxylic acids is 1. The van der Waals surface area contributed by atoms with Crippen molar-refractivity contribution in [1.29, 1.82) is 0 Å². The third kappa shape index (κ3) is 4.22. The number of hydrogen-bond donors (Lipinski definition) is 1. The van der Waals surface area contributed by atoms with Gasteiger partial charge in [0.25, 0.3) is 5.91 Å². The maximum atomic E-state index is 12.4. The zero-order chi connectivity index (χ0) is 14.3. The highest BCUT2D eigenvalue weighted by atomic mass is 16.5. The van der Waals surface area contributed by atoms with Gasteiger partial charge in [-0.05, 0) is 6.92 Å². The lowest BCUT2D eigenvalue weighted by Gasteiger charge is -2.21. The molecule has 0 saturated carbocycles. The molecule has 0 spiro atoms. The Morgan fingerprint density at radius 2 is 1.95 bits per heavy atom. The van der Waals surface area contributed by atoms with Crippen LogP contribution in [-0.4, -0.2) is 61.1 Å². The van der Waals surface area contributed by atoms with E-state index in [0.717, 1.165) is 0 Å². The third-order valence-electron chi connectivity index (χ3n) is 2.73. The SMILES string of the molecule is CCn1cc(N)c(C(=O)N(CCOC)CCOC)n1. The van der Waals surface area contributed by atoms with E-state index in [-0.39, 0.29) is 11.6 Å². The zero-order valence-electron chi connectivity index (χ0n) is 11.8. The minimum atomic E-state index is -0.196. The standard InChI is InChI=1S/C12H22N4O3/c1-4-16-9-10(13)11(14-16)12(17)15(5-7-18-2)6-8-19-3/h9H,4-8,13H2,1-3H3. The second-order valence-corrected chi connectivity index (χ2v) is 4.07. The van der Waals surface area contributed by atoms with Crippen LogP contribution >= 0.6 is 0 Å². The number of aromatic nitrogens is 2. The Bertz CT molecular complexity index is 398. The third-order valence-corrected chi connectivity index (χ3v) is 2.73. The van der Waals surface area contributed by atoms with E-state index >= 15 is 0 Å². The van der Waals surface area contributed by atoms with E-state index in [4.69, 9.17) is 15.2 Å². The first-order valence-corrected chi connectivity index (χ1v) is 6.24. The Balaban J connectivity index is 2.80. The average molecular weight is 270 g/mol. The highest BCUT2D eigenvalue weighted by molar-refractivity contribution is 5.97. The van der Waals surface area contributed by atoms with Gasteiger partial charge >= 0.3 is 0 Å². The number of nitrogens with zero attached hydrogens (tertiary/aromatic N) is 3. The van der Waals surface area contributed by atoms with E-state index in [0.29, 0.717) is 38.5 Å². The molecule has 7 heteroatoms. The summed E-state index contributed by atoms with van der Waals surface area (Å²) in [6.45, 7) is 4.50. The predicted octanol–water partition coefficient (Wildman–Crippen LogP) is 0.220. The Morgan fingerprint density at radius 3 is 2.37 bits per heavy atom. The molecule has 0 atom stereocenters. The summed E-state index contributed by atoms with van der Waals surface area (Å²) in [7, 11) is 3.19. The molecule has 0 unspecified atom stereocenters. The number of anilines is 1. The number of nitrogen functional groups attached to an aromatic ring is 1. The topological polar surface area (TPSA) is 82.6 Å². The smallest absolute Gasteiger partial charge is 0.276 e. The summed E-state index contributed by atoms with van der Waals surface area (Å²) in [5.41, 5.74) is 6.50. The molecule has 0 aliphatic carbocycles. The van der Waals surface area contributed by atoms with E-state index in [2.05, 4.69) is 5.10 Å². The summed E-state index contributed by atoms with van der Waals surface area (Å²) in [5.74, 6) is -0.196. The van der Waals surface area contributed by atoms with Crippen LogP contribution in [0.15, 0.2) is 6.20 Å². The first kappa shape index (κ1) is 15.5. The average Bonchev–Trinajstić information content (AvgIpc) is 2.79. The fraction of sp³-hybridized carbons (Fsp3) is 0.667. The van der Waals surface area contributed by atoms with Crippen molar-refractivity contribution < 1.29 is 14.3 Å². The van der Waals surface area contributed by atoms with Gasteiger partial charge in [-0.25, -0.2) is 0 Å². The van der Waals surface area contributed by atoms with Crippen molar-refractivity contribution in [3.63, 3.8) is 0 Å². The number of rotatable bonds is 8. The number of aryl methyl sites for hydroxylation is 1. The quantitative estimate of drug-likeness (QED) is 0.730. The van der Waals surface area contributed by atoms with Gasteiger partial charge in [-0.1, -0.05) is 0 Å². The van der Waals surface area contributed by atoms with Crippen LogP contribution < -0.4 is 5.73 Å². The number of amides is 1. The van der Waals surface area contributed by atoms with Crippen molar-refractivity contribution in [1.82, 2.24) is 14.7 Å². The van der Waals surface area contributed by atoms with Crippen molar-refractivity contribution in [3.05, 3.63) is 11.9 Å². The van der Waals surface area contributed by atoms with Crippen molar-refractivity contribution >= 4 is 11.6 Å². The van der Waals surface area contributed by atoms with Crippen molar-refractivity contribution in [3.8, 4) is 0 Å². The molecule has 0 radical (unpaired) electrons. The number of nitrogens with two attached hydrogens (primary N) is 1. The van der Waals surface area contributed by atoms with Crippen molar-refractivity contribution in [2.24, 2.45) is 0 Å². The summed E-state index contributed by atoms with van der Waals surface area (Å²) in [6.07, 6.45) is 1.66. The van der Waals surface area contributed by atoms with Gasteiger partial charge in [-0.2, -0.15) is 5.10 Å². The molecule has 1 aromatic rings. The van der Waals surface area contributed by atoms with Gasteiger partial charge in [-0.15, -0.1) is 0 Å². The van der Waals surface area contributed by atoms with Gasteiger partial charge < -0.3 is 20.1 Å². The van der Waals surface area contributed by atoms with Crippen LogP contribution in [0, 0.1) is 0 Å². The molecule has 7 nitrogen and oxygen atoms in total. The molecular weight excluding hydrogens is 248 g/mol. The minimum absolute atomic E-state index is 0.196. The van der Waals surface area contributed by atoms with E-state index in [9.17, 15) is 4.79 Å². The molecule has 108 valence electrons. The summed E-state index contributed by atoms with van der Waals surface area (Å²) in [6, 6.07) is 0. The predicted molar refractivity (Wildman–Crippen MR) is 72.0 cm³/mol. The van der Waals surface area contributed by atoms with Gasteiger partial charge in [0, 0.05) is 40.1 Å². The molecule has 0 saturated heterocycles. The van der Waals surface area contributed by atoms with E-state index in [1.807, 2.05) is 6.92 Å². The van der Waals surface area contributed by atoms with Gasteiger partial charge in [0.2, 0.25) is 0 Å². The number of hydrogen-bond acceptors (Lipinski definition) is 5. The summed E-state index contributed by atoms with van der Waals surface area (Å²) < 4.78 is 11.7. The first-order chi connectivity index (χ1) is 9.13. The Hall–Kier alpha value is -1.60. The van der Waals surface area contributed by atoms with Crippen LogP contribution in [0.2, 0.25) is 0 Å². The lowest BCUT2D eigenvalue weighted by atomic mass is 10.3. The number of ether oxygens (including phenoxy) is 2. The van der Waals surface area contributed by atoms with Crippen LogP contribution in [0.4, 0.5) is 5.69 Å². The molecule has 1 aromatic heterocycles. The maximum absolute atomic E-state index is 12.4. The molecular formula is C12H22N4O3. The Labute approximate surface area is 113 Å².